The van der Waals surface area contributed by atoms with Crippen LogP contribution in [0.3, 0.4) is 0 Å². The molecule has 0 spiro atoms. The van der Waals surface area contributed by atoms with Crippen LogP contribution in [0.2, 0.25) is 0 Å². The average Bonchev–Trinajstić information content (AvgIpc) is 2.79. The summed E-state index contributed by atoms with van der Waals surface area (Å²) >= 11 is 0. The minimum Gasteiger partial charge on any atom is -0.378 e. The second-order valence-electron chi connectivity index (χ2n) is 3.60. The lowest BCUT2D eigenvalue weighted by Crippen LogP contribution is -2.37. The number of hydrogen-bond donors (Lipinski definition) is 1. The van der Waals surface area contributed by atoms with Gasteiger partial charge in [-0.25, -0.2) is 4.98 Å². The average molecular weight is 197 g/mol. The van der Waals surface area contributed by atoms with E-state index in [2.05, 4.69) is 4.98 Å². The standard InChI is InChI=1S/C9H15N3O2/c1-13-9(2-5-14-7-9)6-12-4-3-11-8(12)10/h3-4H,2,5-7H2,1H3,(H2,10,11). The molecule has 2 rings (SSSR count). The van der Waals surface area contributed by atoms with E-state index < -0.39 is 0 Å². The van der Waals surface area contributed by atoms with E-state index in [0.717, 1.165) is 13.0 Å². The van der Waals surface area contributed by atoms with Gasteiger partial charge in [0.25, 0.3) is 0 Å². The van der Waals surface area contributed by atoms with Gasteiger partial charge in [0.15, 0.2) is 5.95 Å². The summed E-state index contributed by atoms with van der Waals surface area (Å²) in [6, 6.07) is 0. The summed E-state index contributed by atoms with van der Waals surface area (Å²) in [7, 11) is 1.71. The fourth-order valence-electron chi connectivity index (χ4n) is 1.72. The van der Waals surface area contributed by atoms with E-state index in [0.29, 0.717) is 19.1 Å². The highest BCUT2D eigenvalue weighted by atomic mass is 16.5. The predicted molar refractivity (Wildman–Crippen MR) is 51.8 cm³/mol. The zero-order valence-electron chi connectivity index (χ0n) is 8.27. The Morgan fingerprint density at radius 2 is 2.64 bits per heavy atom. The minimum atomic E-state index is -0.227. The Kier molecular flexibility index (Phi) is 2.43. The first-order valence-corrected chi connectivity index (χ1v) is 4.65. The van der Waals surface area contributed by atoms with Gasteiger partial charge in [0, 0.05) is 32.5 Å². The van der Waals surface area contributed by atoms with E-state index in [1.54, 1.807) is 13.3 Å². The number of ether oxygens (including phenoxy) is 2. The topological polar surface area (TPSA) is 62.3 Å². The van der Waals surface area contributed by atoms with Gasteiger partial charge in [-0.3, -0.25) is 0 Å². The molecule has 1 atom stereocenters. The number of imidazole rings is 1. The van der Waals surface area contributed by atoms with Crippen molar-refractivity contribution < 1.29 is 9.47 Å². The lowest BCUT2D eigenvalue weighted by Gasteiger charge is -2.26. The molecule has 1 unspecified atom stereocenters. The molecule has 1 aliphatic heterocycles. The van der Waals surface area contributed by atoms with Crippen LogP contribution in [0.4, 0.5) is 5.95 Å². The van der Waals surface area contributed by atoms with Gasteiger partial charge >= 0.3 is 0 Å². The van der Waals surface area contributed by atoms with Crippen LogP contribution in [0.1, 0.15) is 6.42 Å². The van der Waals surface area contributed by atoms with E-state index in [-0.39, 0.29) is 5.60 Å². The second kappa shape index (κ2) is 3.59. The Morgan fingerprint density at radius 3 is 3.14 bits per heavy atom. The molecule has 0 amide bonds. The largest absolute Gasteiger partial charge is 0.378 e. The fraction of sp³-hybridized carbons (Fsp3) is 0.667. The zero-order valence-corrected chi connectivity index (χ0v) is 8.27. The van der Waals surface area contributed by atoms with Crippen molar-refractivity contribution in [3.8, 4) is 0 Å². The molecule has 0 aliphatic carbocycles. The lowest BCUT2D eigenvalue weighted by molar-refractivity contribution is -0.0291. The molecule has 1 saturated heterocycles. The van der Waals surface area contributed by atoms with Crippen LogP contribution < -0.4 is 5.73 Å². The van der Waals surface area contributed by atoms with Crippen LogP contribution in [-0.4, -0.2) is 35.5 Å². The molecule has 0 saturated carbocycles. The van der Waals surface area contributed by atoms with Crippen LogP contribution >= 0.6 is 0 Å². The van der Waals surface area contributed by atoms with Gasteiger partial charge < -0.3 is 19.8 Å². The first kappa shape index (κ1) is 9.48. The summed E-state index contributed by atoms with van der Waals surface area (Å²) in [5.41, 5.74) is 5.46. The second-order valence-corrected chi connectivity index (χ2v) is 3.60. The molecule has 1 aliphatic rings. The molecule has 2 heterocycles. The normalized spacial score (nSPS) is 26.9. The van der Waals surface area contributed by atoms with Gasteiger partial charge in [0.2, 0.25) is 0 Å². The van der Waals surface area contributed by atoms with Gasteiger partial charge in [0.05, 0.1) is 13.2 Å². The minimum absolute atomic E-state index is 0.227. The molecule has 5 heteroatoms. The highest BCUT2D eigenvalue weighted by molar-refractivity contribution is 5.17. The van der Waals surface area contributed by atoms with Gasteiger partial charge in [-0.1, -0.05) is 0 Å². The van der Waals surface area contributed by atoms with E-state index in [9.17, 15) is 0 Å². The molecule has 78 valence electrons. The Balaban J connectivity index is 2.12. The molecule has 2 N–H and O–H groups in total. The number of anilines is 1. The van der Waals surface area contributed by atoms with Crippen molar-refractivity contribution in [2.75, 3.05) is 26.1 Å². The third-order valence-electron chi connectivity index (χ3n) is 2.71. The predicted octanol–water partition coefficient (Wildman–Crippen LogP) is 0.271. The maximum absolute atomic E-state index is 5.69. The van der Waals surface area contributed by atoms with Crippen LogP contribution in [0.15, 0.2) is 12.4 Å². The number of nitrogens with two attached hydrogens (primary N) is 1. The quantitative estimate of drug-likeness (QED) is 0.755. The van der Waals surface area contributed by atoms with Gasteiger partial charge in [-0.2, -0.15) is 0 Å². The van der Waals surface area contributed by atoms with Crippen LogP contribution in [-0.2, 0) is 16.0 Å². The summed E-state index contributed by atoms with van der Waals surface area (Å²) in [5, 5.41) is 0. The number of hydrogen-bond acceptors (Lipinski definition) is 4. The summed E-state index contributed by atoms with van der Waals surface area (Å²) in [6.45, 7) is 2.08. The summed E-state index contributed by atoms with van der Waals surface area (Å²) in [6.07, 6.45) is 4.45. The molecule has 1 aromatic heterocycles. The number of methoxy groups -OCH3 is 1. The Morgan fingerprint density at radius 1 is 1.79 bits per heavy atom. The van der Waals surface area contributed by atoms with E-state index in [1.165, 1.54) is 0 Å². The van der Waals surface area contributed by atoms with E-state index >= 15 is 0 Å². The van der Waals surface area contributed by atoms with Crippen LogP contribution in [0, 0.1) is 0 Å². The molecular formula is C9H15N3O2. The van der Waals surface area contributed by atoms with E-state index in [4.69, 9.17) is 15.2 Å². The van der Waals surface area contributed by atoms with Crippen LogP contribution in [0.25, 0.3) is 0 Å². The maximum Gasteiger partial charge on any atom is 0.200 e. The highest BCUT2D eigenvalue weighted by Gasteiger charge is 2.35. The van der Waals surface area contributed by atoms with Crippen molar-refractivity contribution in [3.05, 3.63) is 12.4 Å². The highest BCUT2D eigenvalue weighted by Crippen LogP contribution is 2.25. The molecule has 5 nitrogen and oxygen atoms in total. The SMILES string of the molecule is COC1(Cn2ccnc2N)CCOC1. The van der Waals surface area contributed by atoms with Crippen LogP contribution in [0.5, 0.6) is 0 Å². The number of aromatic nitrogens is 2. The smallest absolute Gasteiger partial charge is 0.200 e. The first-order chi connectivity index (χ1) is 6.76. The van der Waals surface area contributed by atoms with Crippen molar-refractivity contribution >= 4 is 5.95 Å². The Labute approximate surface area is 82.8 Å². The third kappa shape index (κ3) is 1.60. The molecule has 0 bridgehead atoms. The molecule has 1 aromatic rings. The third-order valence-corrected chi connectivity index (χ3v) is 2.71. The van der Waals surface area contributed by atoms with Gasteiger partial charge in [0.1, 0.15) is 5.60 Å². The monoisotopic (exact) mass is 197 g/mol. The lowest BCUT2D eigenvalue weighted by atomic mass is 10.0. The summed E-state index contributed by atoms with van der Waals surface area (Å²) in [5.74, 6) is 0.522. The number of rotatable bonds is 3. The Bertz CT molecular complexity index is 305. The Hall–Kier alpha value is -1.07. The zero-order chi connectivity index (χ0) is 10.0. The fourth-order valence-corrected chi connectivity index (χ4v) is 1.72. The number of nitrogens with zero attached hydrogens (tertiary/aromatic N) is 2. The van der Waals surface area contributed by atoms with Crippen molar-refractivity contribution in [1.82, 2.24) is 9.55 Å². The van der Waals surface area contributed by atoms with Crippen molar-refractivity contribution in [2.45, 2.75) is 18.6 Å². The summed E-state index contributed by atoms with van der Waals surface area (Å²) < 4.78 is 12.7. The van der Waals surface area contributed by atoms with Crippen molar-refractivity contribution in [3.63, 3.8) is 0 Å². The molecule has 1 fully saturated rings. The van der Waals surface area contributed by atoms with Gasteiger partial charge in [-0.15, -0.1) is 0 Å². The summed E-state index contributed by atoms with van der Waals surface area (Å²) in [4.78, 5) is 3.97. The molecular weight excluding hydrogens is 182 g/mol. The molecule has 14 heavy (non-hydrogen) atoms. The maximum atomic E-state index is 5.69. The van der Waals surface area contributed by atoms with Crippen molar-refractivity contribution in [2.24, 2.45) is 0 Å². The molecule has 0 aromatic carbocycles. The first-order valence-electron chi connectivity index (χ1n) is 4.65. The van der Waals surface area contributed by atoms with E-state index in [1.807, 2.05) is 10.8 Å². The van der Waals surface area contributed by atoms with Gasteiger partial charge in [-0.05, 0) is 0 Å². The number of nitrogen functional groups attached to an aromatic ring is 1. The molecule has 0 radical (unpaired) electrons. The van der Waals surface area contributed by atoms with Crippen molar-refractivity contribution in [1.29, 1.82) is 0 Å².